The molecule has 6 nitrogen and oxygen atoms in total. The number of nitrogens with zero attached hydrogens (tertiary/aromatic N) is 3. The van der Waals surface area contributed by atoms with Crippen LogP contribution in [0.25, 0.3) is 10.6 Å². The van der Waals surface area contributed by atoms with Crippen LogP contribution in [0, 0.1) is 0 Å². The summed E-state index contributed by atoms with van der Waals surface area (Å²) in [5.74, 6) is 1.43. The number of rotatable bonds is 6. The van der Waals surface area contributed by atoms with E-state index in [0.717, 1.165) is 58.7 Å². The van der Waals surface area contributed by atoms with Crippen LogP contribution in [0.1, 0.15) is 25.1 Å². The minimum Gasteiger partial charge on any atom is -0.483 e. The molecule has 178 valence electrons. The van der Waals surface area contributed by atoms with Gasteiger partial charge < -0.3 is 14.4 Å². The van der Waals surface area contributed by atoms with Gasteiger partial charge in [0.25, 0.3) is 5.91 Å². The Hall–Kier alpha value is -2.61. The summed E-state index contributed by atoms with van der Waals surface area (Å²) in [6, 6.07) is 13.6. The lowest BCUT2D eigenvalue weighted by molar-refractivity contribution is -0.135. The number of aromatic nitrogens is 1. The summed E-state index contributed by atoms with van der Waals surface area (Å²) in [5.41, 5.74) is 3.02. The molecule has 2 aliphatic rings. The maximum atomic E-state index is 12.8. The van der Waals surface area contributed by atoms with Crippen molar-refractivity contribution in [1.82, 2.24) is 14.8 Å². The zero-order chi connectivity index (χ0) is 23.7. The fraction of sp³-hybridized carbons (Fsp3) is 0.385. The van der Waals surface area contributed by atoms with Gasteiger partial charge in [-0.25, -0.2) is 4.98 Å². The summed E-state index contributed by atoms with van der Waals surface area (Å²) in [5, 5.41) is 3.83. The van der Waals surface area contributed by atoms with Crippen LogP contribution in [-0.2, 0) is 17.8 Å². The molecule has 5 rings (SSSR count). The predicted octanol–water partition coefficient (Wildman–Crippen LogP) is 4.90. The average molecular weight is 498 g/mol. The Morgan fingerprint density at radius 3 is 2.68 bits per heavy atom. The zero-order valence-electron chi connectivity index (χ0n) is 19.4. The van der Waals surface area contributed by atoms with Crippen molar-refractivity contribution in [2.75, 3.05) is 32.8 Å². The molecule has 1 saturated heterocycles. The minimum absolute atomic E-state index is 0.00759. The Morgan fingerprint density at radius 1 is 1.15 bits per heavy atom. The molecule has 0 N–H and O–H groups in total. The largest absolute Gasteiger partial charge is 0.483 e. The van der Waals surface area contributed by atoms with Gasteiger partial charge in [-0.1, -0.05) is 35.9 Å². The molecule has 3 aromatic rings. The van der Waals surface area contributed by atoms with Gasteiger partial charge >= 0.3 is 0 Å². The highest BCUT2D eigenvalue weighted by atomic mass is 35.5. The van der Waals surface area contributed by atoms with Crippen molar-refractivity contribution in [2.45, 2.75) is 32.4 Å². The lowest BCUT2D eigenvalue weighted by atomic mass is 10.0. The Balaban J connectivity index is 1.11. The molecule has 0 aliphatic carbocycles. The van der Waals surface area contributed by atoms with Crippen molar-refractivity contribution >= 4 is 28.8 Å². The van der Waals surface area contributed by atoms with E-state index >= 15 is 0 Å². The second kappa shape index (κ2) is 9.56. The number of para-hydroxylation sites is 1. The van der Waals surface area contributed by atoms with Gasteiger partial charge in [-0.3, -0.25) is 9.69 Å². The molecule has 0 bridgehead atoms. The summed E-state index contributed by atoms with van der Waals surface area (Å²) < 4.78 is 11.9. The van der Waals surface area contributed by atoms with Gasteiger partial charge in [0, 0.05) is 60.7 Å². The molecular weight excluding hydrogens is 470 g/mol. The summed E-state index contributed by atoms with van der Waals surface area (Å²) in [7, 11) is 0. The molecule has 0 unspecified atom stereocenters. The molecule has 0 atom stereocenters. The van der Waals surface area contributed by atoms with Gasteiger partial charge in [0.2, 0.25) is 0 Å². The van der Waals surface area contributed by atoms with Crippen LogP contribution >= 0.6 is 22.9 Å². The Labute approximate surface area is 209 Å². The molecule has 1 fully saturated rings. The third-order valence-electron chi connectivity index (χ3n) is 6.16. The Bertz CT molecular complexity index is 1170. The van der Waals surface area contributed by atoms with E-state index in [-0.39, 0.29) is 18.1 Å². The van der Waals surface area contributed by atoms with E-state index in [2.05, 4.69) is 30.2 Å². The molecule has 2 aromatic carbocycles. The van der Waals surface area contributed by atoms with Gasteiger partial charge in [0.1, 0.15) is 10.6 Å². The summed E-state index contributed by atoms with van der Waals surface area (Å²) >= 11 is 7.63. The van der Waals surface area contributed by atoms with E-state index in [1.807, 2.05) is 41.3 Å². The van der Waals surface area contributed by atoms with E-state index in [0.29, 0.717) is 18.8 Å². The van der Waals surface area contributed by atoms with E-state index in [1.165, 1.54) is 0 Å². The highest BCUT2D eigenvalue weighted by molar-refractivity contribution is 7.13. The quantitative estimate of drug-likeness (QED) is 0.485. The number of hydrogen-bond acceptors (Lipinski definition) is 6. The van der Waals surface area contributed by atoms with Crippen LogP contribution in [-0.4, -0.2) is 59.1 Å². The van der Waals surface area contributed by atoms with Crippen molar-refractivity contribution in [2.24, 2.45) is 0 Å². The second-order valence-electron chi connectivity index (χ2n) is 9.38. The molecule has 3 heterocycles. The zero-order valence-corrected chi connectivity index (χ0v) is 21.0. The number of piperazine rings is 1. The topological polar surface area (TPSA) is 54.9 Å². The number of benzene rings is 2. The number of hydrogen-bond donors (Lipinski definition) is 0. The van der Waals surface area contributed by atoms with Crippen molar-refractivity contribution in [3.63, 3.8) is 0 Å². The average Bonchev–Trinajstić information content (AvgIpc) is 3.41. The number of ether oxygens (including phenoxy) is 2. The van der Waals surface area contributed by atoms with Crippen LogP contribution in [0.15, 0.2) is 47.8 Å². The molecule has 0 saturated carbocycles. The Kier molecular flexibility index (Phi) is 6.51. The van der Waals surface area contributed by atoms with Gasteiger partial charge in [0.05, 0.1) is 5.69 Å². The summed E-state index contributed by atoms with van der Waals surface area (Å²) in [6.45, 7) is 7.94. The standard InChI is InChI=1S/C26H28ClN3O3S/c1-26(2)14-19-4-3-5-22(24(19)33-26)32-16-23(31)30-12-10-29(11-13-30)15-21-17-34-25(28-21)18-6-8-20(27)9-7-18/h3-9,17H,10-16H2,1-2H3. The van der Waals surface area contributed by atoms with Crippen LogP contribution in [0.2, 0.25) is 5.02 Å². The van der Waals surface area contributed by atoms with E-state index in [9.17, 15) is 4.79 Å². The lowest BCUT2D eigenvalue weighted by Crippen LogP contribution is -2.49. The molecule has 8 heteroatoms. The third-order valence-corrected chi connectivity index (χ3v) is 7.35. The normalized spacial score (nSPS) is 17.3. The maximum absolute atomic E-state index is 12.8. The molecular formula is C26H28ClN3O3S. The number of carbonyl (C=O) groups is 1. The summed E-state index contributed by atoms with van der Waals surface area (Å²) in [6.07, 6.45) is 0.843. The first kappa shape index (κ1) is 23.1. The van der Waals surface area contributed by atoms with Crippen molar-refractivity contribution < 1.29 is 14.3 Å². The van der Waals surface area contributed by atoms with Crippen LogP contribution in [0.4, 0.5) is 0 Å². The first-order chi connectivity index (χ1) is 16.4. The smallest absolute Gasteiger partial charge is 0.260 e. The molecule has 0 radical (unpaired) electrons. The van der Waals surface area contributed by atoms with Crippen LogP contribution in [0.5, 0.6) is 11.5 Å². The van der Waals surface area contributed by atoms with Crippen LogP contribution in [0.3, 0.4) is 0 Å². The number of carbonyl (C=O) groups excluding carboxylic acids is 1. The van der Waals surface area contributed by atoms with Gasteiger partial charge in [-0.05, 0) is 32.0 Å². The molecule has 0 spiro atoms. The first-order valence-electron chi connectivity index (χ1n) is 11.5. The summed E-state index contributed by atoms with van der Waals surface area (Å²) in [4.78, 5) is 21.8. The van der Waals surface area contributed by atoms with Gasteiger partial charge in [-0.2, -0.15) is 0 Å². The monoisotopic (exact) mass is 497 g/mol. The highest BCUT2D eigenvalue weighted by Gasteiger charge is 2.32. The minimum atomic E-state index is -0.241. The SMILES string of the molecule is CC1(C)Cc2cccc(OCC(=O)N3CCN(Cc4csc(-c5ccc(Cl)cc5)n4)CC3)c2O1. The first-order valence-corrected chi connectivity index (χ1v) is 12.8. The fourth-order valence-electron chi connectivity index (χ4n) is 4.42. The van der Waals surface area contributed by atoms with Crippen LogP contribution < -0.4 is 9.47 Å². The van der Waals surface area contributed by atoms with Crippen molar-refractivity contribution in [3.8, 4) is 22.1 Å². The van der Waals surface area contributed by atoms with Crippen molar-refractivity contribution in [1.29, 1.82) is 0 Å². The van der Waals surface area contributed by atoms with E-state index in [1.54, 1.807) is 11.3 Å². The lowest BCUT2D eigenvalue weighted by Gasteiger charge is -2.34. The maximum Gasteiger partial charge on any atom is 0.260 e. The molecule has 1 amide bonds. The van der Waals surface area contributed by atoms with Crippen molar-refractivity contribution in [3.05, 3.63) is 64.1 Å². The highest BCUT2D eigenvalue weighted by Crippen LogP contribution is 2.41. The van der Waals surface area contributed by atoms with E-state index < -0.39 is 0 Å². The molecule has 2 aliphatic heterocycles. The number of thiazole rings is 1. The Morgan fingerprint density at radius 2 is 1.91 bits per heavy atom. The number of halogens is 1. The van der Waals surface area contributed by atoms with E-state index in [4.69, 9.17) is 26.1 Å². The van der Waals surface area contributed by atoms with Gasteiger partial charge in [0.15, 0.2) is 18.1 Å². The predicted molar refractivity (Wildman–Crippen MR) is 135 cm³/mol. The molecule has 1 aromatic heterocycles. The second-order valence-corrected chi connectivity index (χ2v) is 10.7. The number of amides is 1. The fourth-order valence-corrected chi connectivity index (χ4v) is 5.36. The molecule has 34 heavy (non-hydrogen) atoms. The number of fused-ring (bicyclic) bond motifs is 1. The van der Waals surface area contributed by atoms with Gasteiger partial charge in [-0.15, -0.1) is 11.3 Å². The third kappa shape index (κ3) is 5.22.